The predicted octanol–water partition coefficient (Wildman–Crippen LogP) is 2.60. The molecule has 1 fully saturated rings. The Balaban J connectivity index is 1.88. The van der Waals surface area contributed by atoms with Crippen LogP contribution in [0.3, 0.4) is 0 Å². The van der Waals surface area contributed by atoms with Crippen LogP contribution in [0.15, 0.2) is 30.3 Å². The second-order valence-corrected chi connectivity index (χ2v) is 6.50. The Morgan fingerprint density at radius 1 is 1.09 bits per heavy atom. The number of hydrogen-bond donors (Lipinski definition) is 3. The number of nitrogens with zero attached hydrogens (tertiary/aromatic N) is 1. The fourth-order valence-electron chi connectivity index (χ4n) is 2.73. The number of anilines is 2. The molecule has 1 aliphatic rings. The predicted molar refractivity (Wildman–Crippen MR) is 92.9 cm³/mol. The fourth-order valence-corrected chi connectivity index (χ4v) is 3.80. The van der Waals surface area contributed by atoms with Crippen molar-refractivity contribution in [3.8, 4) is 10.4 Å². The summed E-state index contributed by atoms with van der Waals surface area (Å²) in [5.41, 5.74) is 12.9. The highest BCUT2D eigenvalue weighted by Crippen LogP contribution is 2.36. The second kappa shape index (κ2) is 6.29. The van der Waals surface area contributed by atoms with Crippen molar-refractivity contribution in [1.82, 2.24) is 0 Å². The molecule has 1 aromatic heterocycles. The van der Waals surface area contributed by atoms with Crippen LogP contribution >= 0.6 is 11.3 Å². The molecule has 0 atom stereocenters. The maximum absolute atomic E-state index is 11.5. The van der Waals surface area contributed by atoms with Gasteiger partial charge in [0.1, 0.15) is 5.00 Å². The number of hydrogen-bond acceptors (Lipinski definition) is 4. The van der Waals surface area contributed by atoms with E-state index in [-0.39, 0.29) is 5.56 Å². The highest BCUT2D eigenvalue weighted by molar-refractivity contribution is 7.20. The van der Waals surface area contributed by atoms with Gasteiger partial charge in [0.05, 0.1) is 5.56 Å². The van der Waals surface area contributed by atoms with E-state index in [1.54, 1.807) is 6.07 Å². The van der Waals surface area contributed by atoms with Crippen LogP contribution in [-0.4, -0.2) is 25.0 Å². The Morgan fingerprint density at radius 3 is 2.30 bits per heavy atom. The number of nitrogens with two attached hydrogens (primary N) is 2. The molecule has 1 saturated heterocycles. The zero-order chi connectivity index (χ0) is 16.4. The number of benzene rings is 1. The topological polar surface area (TPSA) is 101 Å². The molecule has 7 heteroatoms. The van der Waals surface area contributed by atoms with Crippen molar-refractivity contribution in [2.75, 3.05) is 23.3 Å². The Bertz CT molecular complexity index is 733. The molecule has 120 valence electrons. The van der Waals surface area contributed by atoms with Crippen LogP contribution in [0.5, 0.6) is 0 Å². The zero-order valence-electron chi connectivity index (χ0n) is 12.5. The van der Waals surface area contributed by atoms with Crippen molar-refractivity contribution in [1.29, 1.82) is 0 Å². The number of amides is 3. The standard InChI is InChI=1S/C16H18N4O2S/c17-14(21)12-9-13(23-15(12)19-16(18)22)10-3-5-11(6-4-10)20-7-1-2-8-20/h3-6,9H,1-2,7-8H2,(H2,17,21)(H3,18,19,22). The van der Waals surface area contributed by atoms with Gasteiger partial charge < -0.3 is 16.4 Å². The molecule has 0 saturated carbocycles. The van der Waals surface area contributed by atoms with Gasteiger partial charge in [-0.15, -0.1) is 11.3 Å². The van der Waals surface area contributed by atoms with Gasteiger partial charge in [-0.05, 0) is 36.6 Å². The Labute approximate surface area is 138 Å². The highest BCUT2D eigenvalue weighted by atomic mass is 32.1. The van der Waals surface area contributed by atoms with Gasteiger partial charge >= 0.3 is 6.03 Å². The van der Waals surface area contributed by atoms with Gasteiger partial charge in [0, 0.05) is 23.7 Å². The molecule has 2 heterocycles. The molecular weight excluding hydrogens is 312 g/mol. The maximum atomic E-state index is 11.5. The average Bonchev–Trinajstić information content (AvgIpc) is 3.16. The average molecular weight is 330 g/mol. The summed E-state index contributed by atoms with van der Waals surface area (Å²) in [5, 5.41) is 2.83. The minimum atomic E-state index is -0.717. The summed E-state index contributed by atoms with van der Waals surface area (Å²) in [4.78, 5) is 25.8. The Kier molecular flexibility index (Phi) is 4.20. The van der Waals surface area contributed by atoms with Crippen LogP contribution in [0, 0.1) is 0 Å². The van der Waals surface area contributed by atoms with Crippen molar-refractivity contribution >= 4 is 34.0 Å². The lowest BCUT2D eigenvalue weighted by molar-refractivity contribution is 0.100. The number of thiophene rings is 1. The summed E-state index contributed by atoms with van der Waals surface area (Å²) in [7, 11) is 0. The first kappa shape index (κ1) is 15.4. The number of primary amides is 2. The van der Waals surface area contributed by atoms with Gasteiger partial charge in [0.25, 0.3) is 5.91 Å². The number of carbonyl (C=O) groups excluding carboxylic acids is 2. The first-order chi connectivity index (χ1) is 11.0. The van der Waals surface area contributed by atoms with E-state index in [2.05, 4.69) is 22.3 Å². The van der Waals surface area contributed by atoms with Crippen LogP contribution in [0.4, 0.5) is 15.5 Å². The maximum Gasteiger partial charge on any atom is 0.317 e. The fraction of sp³-hybridized carbons (Fsp3) is 0.250. The highest BCUT2D eigenvalue weighted by Gasteiger charge is 2.17. The number of nitrogens with one attached hydrogen (secondary N) is 1. The molecule has 1 aromatic carbocycles. The van der Waals surface area contributed by atoms with Gasteiger partial charge in [-0.1, -0.05) is 12.1 Å². The minimum Gasteiger partial charge on any atom is -0.372 e. The largest absolute Gasteiger partial charge is 0.372 e. The third-order valence-electron chi connectivity index (χ3n) is 3.86. The van der Waals surface area contributed by atoms with E-state index >= 15 is 0 Å². The van der Waals surface area contributed by atoms with Crippen LogP contribution < -0.4 is 21.7 Å². The molecule has 0 bridgehead atoms. The molecule has 5 N–H and O–H groups in total. The summed E-state index contributed by atoms with van der Waals surface area (Å²) in [6.07, 6.45) is 2.47. The van der Waals surface area contributed by atoms with Crippen LogP contribution in [0.25, 0.3) is 10.4 Å². The molecule has 23 heavy (non-hydrogen) atoms. The van der Waals surface area contributed by atoms with Crippen molar-refractivity contribution in [3.63, 3.8) is 0 Å². The Morgan fingerprint density at radius 2 is 1.74 bits per heavy atom. The third kappa shape index (κ3) is 3.29. The lowest BCUT2D eigenvalue weighted by Gasteiger charge is -2.17. The monoisotopic (exact) mass is 330 g/mol. The Hall–Kier alpha value is -2.54. The number of urea groups is 1. The zero-order valence-corrected chi connectivity index (χ0v) is 13.4. The van der Waals surface area contributed by atoms with Crippen LogP contribution in [0.2, 0.25) is 0 Å². The van der Waals surface area contributed by atoms with Crippen LogP contribution in [0.1, 0.15) is 23.2 Å². The summed E-state index contributed by atoms with van der Waals surface area (Å²) in [5.74, 6) is -0.593. The van der Waals surface area contributed by atoms with E-state index in [0.29, 0.717) is 5.00 Å². The van der Waals surface area contributed by atoms with Gasteiger partial charge in [-0.3, -0.25) is 10.1 Å². The van der Waals surface area contributed by atoms with Crippen molar-refractivity contribution in [3.05, 3.63) is 35.9 Å². The molecule has 0 aliphatic carbocycles. The molecule has 3 amide bonds. The molecule has 1 aliphatic heterocycles. The van der Waals surface area contributed by atoms with Gasteiger partial charge in [0.15, 0.2) is 0 Å². The van der Waals surface area contributed by atoms with E-state index < -0.39 is 11.9 Å². The minimum absolute atomic E-state index is 0.271. The van der Waals surface area contributed by atoms with E-state index in [9.17, 15) is 9.59 Å². The molecule has 0 spiro atoms. The van der Waals surface area contributed by atoms with E-state index in [0.717, 1.165) is 23.5 Å². The van der Waals surface area contributed by atoms with Crippen molar-refractivity contribution in [2.24, 2.45) is 11.5 Å². The first-order valence-electron chi connectivity index (χ1n) is 7.40. The summed E-state index contributed by atoms with van der Waals surface area (Å²) < 4.78 is 0. The summed E-state index contributed by atoms with van der Waals surface area (Å²) in [6, 6.07) is 9.14. The summed E-state index contributed by atoms with van der Waals surface area (Å²) in [6.45, 7) is 2.19. The molecular formula is C16H18N4O2S. The molecule has 0 radical (unpaired) electrons. The van der Waals surface area contributed by atoms with E-state index in [1.807, 2.05) is 12.1 Å². The van der Waals surface area contributed by atoms with Crippen molar-refractivity contribution in [2.45, 2.75) is 12.8 Å². The second-order valence-electron chi connectivity index (χ2n) is 5.45. The van der Waals surface area contributed by atoms with Crippen LogP contribution in [-0.2, 0) is 0 Å². The molecule has 2 aromatic rings. The molecule has 0 unspecified atom stereocenters. The van der Waals surface area contributed by atoms with Gasteiger partial charge in [0.2, 0.25) is 0 Å². The quantitative estimate of drug-likeness (QED) is 0.803. The number of rotatable bonds is 4. The van der Waals surface area contributed by atoms with E-state index in [1.165, 1.54) is 29.9 Å². The normalized spacial score (nSPS) is 14.0. The first-order valence-corrected chi connectivity index (χ1v) is 8.22. The summed E-state index contributed by atoms with van der Waals surface area (Å²) >= 11 is 1.28. The lowest BCUT2D eigenvalue weighted by atomic mass is 10.1. The SMILES string of the molecule is NC(=O)Nc1sc(-c2ccc(N3CCCC3)cc2)cc1C(N)=O. The number of carbonyl (C=O) groups is 2. The van der Waals surface area contributed by atoms with Gasteiger partial charge in [-0.2, -0.15) is 0 Å². The van der Waals surface area contributed by atoms with Crippen molar-refractivity contribution < 1.29 is 9.59 Å². The molecule has 6 nitrogen and oxygen atoms in total. The smallest absolute Gasteiger partial charge is 0.317 e. The third-order valence-corrected chi connectivity index (χ3v) is 4.96. The van der Waals surface area contributed by atoms with E-state index in [4.69, 9.17) is 11.5 Å². The molecule has 3 rings (SSSR count). The lowest BCUT2D eigenvalue weighted by Crippen LogP contribution is -2.21. The van der Waals surface area contributed by atoms with Gasteiger partial charge in [-0.25, -0.2) is 4.79 Å².